The van der Waals surface area contributed by atoms with Gasteiger partial charge in [-0.15, -0.1) is 0 Å². The maximum atomic E-state index is 12.6. The first-order valence-corrected chi connectivity index (χ1v) is 8.10. The second kappa shape index (κ2) is 7.51. The van der Waals surface area contributed by atoms with E-state index in [0.29, 0.717) is 21.5 Å². The summed E-state index contributed by atoms with van der Waals surface area (Å²) in [5, 5.41) is 3.63. The van der Waals surface area contributed by atoms with E-state index in [4.69, 9.17) is 27.9 Å². The highest BCUT2D eigenvalue weighted by molar-refractivity contribution is 6.34. The summed E-state index contributed by atoms with van der Waals surface area (Å²) in [5.41, 5.74) is 1.82. The van der Waals surface area contributed by atoms with Crippen molar-refractivity contribution < 1.29 is 9.53 Å². The summed E-state index contributed by atoms with van der Waals surface area (Å²) >= 11 is 12.1. The van der Waals surface area contributed by atoms with Crippen molar-refractivity contribution in [3.8, 4) is 11.6 Å². The van der Waals surface area contributed by atoms with Crippen LogP contribution in [0.2, 0.25) is 10.0 Å². The number of anilines is 1. The topological polar surface area (TPSA) is 64.1 Å². The molecule has 1 aromatic heterocycles. The van der Waals surface area contributed by atoms with Gasteiger partial charge in [0.05, 0.1) is 5.02 Å². The Bertz CT molecular complexity index is 932. The number of carbonyl (C=O) groups excluding carboxylic acids is 1. The molecule has 0 saturated heterocycles. The molecule has 0 fully saturated rings. The summed E-state index contributed by atoms with van der Waals surface area (Å²) in [6, 6.07) is 12.2. The molecule has 0 aliphatic heterocycles. The number of halogens is 2. The van der Waals surface area contributed by atoms with Gasteiger partial charge in [0.2, 0.25) is 5.88 Å². The molecule has 2 aromatic carbocycles. The van der Waals surface area contributed by atoms with Gasteiger partial charge in [0.1, 0.15) is 17.6 Å². The van der Waals surface area contributed by atoms with Crippen LogP contribution in [0.25, 0.3) is 0 Å². The van der Waals surface area contributed by atoms with E-state index in [0.717, 1.165) is 5.56 Å². The van der Waals surface area contributed by atoms with Gasteiger partial charge in [0.15, 0.2) is 0 Å². The predicted octanol–water partition coefficient (Wildman–Crippen LogP) is 5.14. The first-order chi connectivity index (χ1) is 12.0. The Morgan fingerprint density at radius 2 is 1.96 bits per heavy atom. The van der Waals surface area contributed by atoms with Crippen LogP contribution in [0.5, 0.6) is 11.6 Å². The van der Waals surface area contributed by atoms with Crippen molar-refractivity contribution in [3.05, 3.63) is 76.2 Å². The molecule has 0 aliphatic rings. The highest BCUT2D eigenvalue weighted by Gasteiger charge is 2.17. The van der Waals surface area contributed by atoms with E-state index in [9.17, 15) is 4.79 Å². The summed E-state index contributed by atoms with van der Waals surface area (Å²) < 4.78 is 5.68. The molecule has 5 nitrogen and oxygen atoms in total. The number of para-hydroxylation sites is 1. The van der Waals surface area contributed by atoms with Crippen molar-refractivity contribution in [2.45, 2.75) is 6.92 Å². The Kier molecular flexibility index (Phi) is 5.16. The van der Waals surface area contributed by atoms with E-state index in [1.165, 1.54) is 12.5 Å². The Morgan fingerprint density at radius 1 is 1.16 bits per heavy atom. The number of aryl methyl sites for hydroxylation is 1. The number of nitrogens with zero attached hydrogens (tertiary/aromatic N) is 2. The zero-order chi connectivity index (χ0) is 17.8. The number of rotatable bonds is 4. The Labute approximate surface area is 154 Å². The zero-order valence-corrected chi connectivity index (χ0v) is 14.7. The molecule has 0 spiro atoms. The highest BCUT2D eigenvalue weighted by atomic mass is 35.5. The van der Waals surface area contributed by atoms with Gasteiger partial charge in [-0.25, -0.2) is 9.97 Å². The summed E-state index contributed by atoms with van der Waals surface area (Å²) in [6.45, 7) is 1.90. The minimum atomic E-state index is -0.386. The Morgan fingerprint density at radius 3 is 2.76 bits per heavy atom. The number of carbonyl (C=O) groups is 1. The second-order valence-corrected chi connectivity index (χ2v) is 6.03. The molecule has 3 rings (SSSR count). The number of benzene rings is 2. The number of nitrogens with one attached hydrogen (secondary N) is 1. The summed E-state index contributed by atoms with van der Waals surface area (Å²) in [7, 11) is 0. The first-order valence-electron chi connectivity index (χ1n) is 7.34. The van der Waals surface area contributed by atoms with Gasteiger partial charge in [-0.3, -0.25) is 4.79 Å². The molecule has 0 saturated carbocycles. The van der Waals surface area contributed by atoms with Gasteiger partial charge in [-0.1, -0.05) is 41.4 Å². The molecule has 3 aromatic rings. The summed E-state index contributed by atoms with van der Waals surface area (Å²) in [6.07, 6.45) is 2.67. The molecule has 0 radical (unpaired) electrons. The number of ether oxygens (including phenoxy) is 1. The van der Waals surface area contributed by atoms with Crippen LogP contribution in [0, 0.1) is 6.92 Å². The molecule has 1 heterocycles. The molecular formula is C18H13Cl2N3O2. The lowest BCUT2D eigenvalue weighted by Gasteiger charge is -2.12. The van der Waals surface area contributed by atoms with Crippen molar-refractivity contribution in [2.75, 3.05) is 5.32 Å². The number of aromatic nitrogens is 2. The predicted molar refractivity (Wildman–Crippen MR) is 97.7 cm³/mol. The molecule has 0 unspecified atom stereocenters. The highest BCUT2D eigenvalue weighted by Crippen LogP contribution is 2.32. The van der Waals surface area contributed by atoms with Crippen LogP contribution in [-0.4, -0.2) is 15.9 Å². The second-order valence-electron chi connectivity index (χ2n) is 5.19. The smallest absolute Gasteiger partial charge is 0.262 e. The van der Waals surface area contributed by atoms with E-state index in [1.807, 2.05) is 31.2 Å². The lowest BCUT2D eigenvalue weighted by Crippen LogP contribution is -2.14. The van der Waals surface area contributed by atoms with Gasteiger partial charge in [0.25, 0.3) is 5.91 Å². The van der Waals surface area contributed by atoms with Crippen LogP contribution in [0.1, 0.15) is 15.9 Å². The quantitative estimate of drug-likeness (QED) is 0.687. The van der Waals surface area contributed by atoms with E-state index in [2.05, 4.69) is 15.3 Å². The van der Waals surface area contributed by atoms with Gasteiger partial charge in [0, 0.05) is 23.0 Å². The van der Waals surface area contributed by atoms with Gasteiger partial charge in [-0.2, -0.15) is 0 Å². The van der Waals surface area contributed by atoms with Gasteiger partial charge >= 0.3 is 0 Å². The molecule has 1 amide bonds. The monoisotopic (exact) mass is 373 g/mol. The first kappa shape index (κ1) is 17.2. The van der Waals surface area contributed by atoms with Crippen LogP contribution in [0.3, 0.4) is 0 Å². The fraction of sp³-hybridized carbons (Fsp3) is 0.0556. The third-order valence-corrected chi connectivity index (χ3v) is 3.96. The average Bonchev–Trinajstić information content (AvgIpc) is 2.60. The largest absolute Gasteiger partial charge is 0.436 e. The van der Waals surface area contributed by atoms with Crippen LogP contribution in [0.4, 0.5) is 5.69 Å². The van der Waals surface area contributed by atoms with Crippen molar-refractivity contribution in [1.82, 2.24) is 9.97 Å². The maximum absolute atomic E-state index is 12.6. The number of amides is 1. The summed E-state index contributed by atoms with van der Waals surface area (Å²) in [5.74, 6) is 0.00566. The van der Waals surface area contributed by atoms with Crippen molar-refractivity contribution in [2.24, 2.45) is 0 Å². The molecule has 0 aliphatic carbocycles. The van der Waals surface area contributed by atoms with E-state index >= 15 is 0 Å². The standard InChI is InChI=1S/C18H13Cl2N3O2/c1-11-4-2-3-5-15(11)23-17(24)13-9-21-10-22-18(13)25-16-8-12(19)6-7-14(16)20/h2-10H,1H3,(H,23,24). The van der Waals surface area contributed by atoms with E-state index in [1.54, 1.807) is 18.2 Å². The minimum Gasteiger partial charge on any atom is -0.436 e. The lowest BCUT2D eigenvalue weighted by atomic mass is 10.2. The van der Waals surface area contributed by atoms with Crippen molar-refractivity contribution >= 4 is 34.8 Å². The Balaban J connectivity index is 1.89. The molecule has 126 valence electrons. The van der Waals surface area contributed by atoms with Crippen molar-refractivity contribution in [1.29, 1.82) is 0 Å². The molecule has 25 heavy (non-hydrogen) atoms. The van der Waals surface area contributed by atoms with E-state index < -0.39 is 0 Å². The molecule has 0 bridgehead atoms. The third-order valence-electron chi connectivity index (χ3n) is 3.41. The Hall–Kier alpha value is -2.63. The van der Waals surface area contributed by atoms with Crippen LogP contribution >= 0.6 is 23.2 Å². The summed E-state index contributed by atoms with van der Waals surface area (Å²) in [4.78, 5) is 20.5. The van der Waals surface area contributed by atoms with Crippen LogP contribution in [0.15, 0.2) is 55.0 Å². The van der Waals surface area contributed by atoms with Crippen LogP contribution < -0.4 is 10.1 Å². The SMILES string of the molecule is Cc1ccccc1NC(=O)c1cncnc1Oc1cc(Cl)ccc1Cl. The van der Waals surface area contributed by atoms with Crippen LogP contribution in [-0.2, 0) is 0 Å². The van der Waals surface area contributed by atoms with Crippen molar-refractivity contribution in [3.63, 3.8) is 0 Å². The minimum absolute atomic E-state index is 0.0882. The zero-order valence-electron chi connectivity index (χ0n) is 13.2. The van der Waals surface area contributed by atoms with Gasteiger partial charge in [-0.05, 0) is 30.7 Å². The lowest BCUT2D eigenvalue weighted by molar-refractivity contribution is 0.102. The van der Waals surface area contributed by atoms with E-state index in [-0.39, 0.29) is 17.4 Å². The molecule has 1 N–H and O–H groups in total. The van der Waals surface area contributed by atoms with Gasteiger partial charge < -0.3 is 10.1 Å². The fourth-order valence-corrected chi connectivity index (χ4v) is 2.44. The molecular weight excluding hydrogens is 361 g/mol. The number of hydrogen-bond donors (Lipinski definition) is 1. The average molecular weight is 374 g/mol. The normalized spacial score (nSPS) is 10.4. The number of hydrogen-bond acceptors (Lipinski definition) is 4. The maximum Gasteiger partial charge on any atom is 0.262 e. The molecule has 0 atom stereocenters. The third kappa shape index (κ3) is 4.07. The molecule has 7 heteroatoms. The fourth-order valence-electron chi connectivity index (χ4n) is 2.12.